The van der Waals surface area contributed by atoms with Crippen LogP contribution in [-0.4, -0.2) is 22.8 Å². The molecule has 0 aromatic heterocycles. The van der Waals surface area contributed by atoms with E-state index < -0.39 is 17.5 Å². The molecule has 0 aliphatic rings. The Labute approximate surface area is 88.0 Å². The number of hydrogen-bond acceptors (Lipinski definition) is 6. The third-order valence-corrected chi connectivity index (χ3v) is 1.25. The molecule has 15 heavy (non-hydrogen) atoms. The predicted octanol–water partition coefficient (Wildman–Crippen LogP) is 1.45. The van der Waals surface area contributed by atoms with Crippen LogP contribution in [0.5, 0.6) is 0 Å². The SMILES string of the molecule is CC(C)(C)OOC(=O)CCCC(=O)OO. The highest BCUT2D eigenvalue weighted by Crippen LogP contribution is 2.08. The van der Waals surface area contributed by atoms with E-state index in [1.807, 2.05) is 0 Å². The Morgan fingerprint density at radius 2 is 1.67 bits per heavy atom. The van der Waals surface area contributed by atoms with Gasteiger partial charge in [-0.3, -0.25) is 4.89 Å². The quantitative estimate of drug-likeness (QED) is 0.557. The van der Waals surface area contributed by atoms with E-state index in [1.165, 1.54) is 0 Å². The average Bonchev–Trinajstić information content (AvgIpc) is 2.13. The van der Waals surface area contributed by atoms with E-state index in [9.17, 15) is 9.59 Å². The van der Waals surface area contributed by atoms with Crippen molar-refractivity contribution in [1.82, 2.24) is 0 Å². The minimum Gasteiger partial charge on any atom is -0.301 e. The van der Waals surface area contributed by atoms with Crippen LogP contribution in [0.3, 0.4) is 0 Å². The van der Waals surface area contributed by atoms with Crippen molar-refractivity contribution in [3.05, 3.63) is 0 Å². The van der Waals surface area contributed by atoms with E-state index in [2.05, 4.69) is 9.78 Å². The van der Waals surface area contributed by atoms with Gasteiger partial charge in [0, 0.05) is 12.8 Å². The van der Waals surface area contributed by atoms with Crippen LogP contribution in [0.25, 0.3) is 0 Å². The summed E-state index contributed by atoms with van der Waals surface area (Å²) >= 11 is 0. The van der Waals surface area contributed by atoms with Gasteiger partial charge in [0.2, 0.25) is 0 Å². The van der Waals surface area contributed by atoms with Crippen LogP contribution in [0.15, 0.2) is 0 Å². The van der Waals surface area contributed by atoms with Gasteiger partial charge in [0.15, 0.2) is 0 Å². The molecule has 88 valence electrons. The zero-order valence-electron chi connectivity index (χ0n) is 9.11. The highest BCUT2D eigenvalue weighted by Gasteiger charge is 2.15. The second kappa shape index (κ2) is 6.36. The maximum Gasteiger partial charge on any atom is 0.342 e. The van der Waals surface area contributed by atoms with Crippen molar-refractivity contribution < 1.29 is 29.5 Å². The molecule has 0 heterocycles. The Balaban J connectivity index is 3.54. The summed E-state index contributed by atoms with van der Waals surface area (Å²) in [6.07, 6.45) is 0.234. The molecular weight excluding hydrogens is 204 g/mol. The molecule has 6 heteroatoms. The van der Waals surface area contributed by atoms with Crippen LogP contribution >= 0.6 is 0 Å². The lowest BCUT2D eigenvalue weighted by molar-refractivity contribution is -0.320. The van der Waals surface area contributed by atoms with Crippen molar-refractivity contribution in [2.24, 2.45) is 0 Å². The van der Waals surface area contributed by atoms with Gasteiger partial charge in [-0.1, -0.05) is 0 Å². The topological polar surface area (TPSA) is 82.1 Å². The first-order valence-electron chi connectivity index (χ1n) is 4.58. The van der Waals surface area contributed by atoms with Gasteiger partial charge in [-0.05, 0) is 27.2 Å². The first-order chi connectivity index (χ1) is 6.85. The zero-order chi connectivity index (χ0) is 11.9. The molecule has 0 aromatic carbocycles. The molecule has 0 bridgehead atoms. The van der Waals surface area contributed by atoms with Gasteiger partial charge in [0.25, 0.3) is 0 Å². The van der Waals surface area contributed by atoms with Crippen LogP contribution in [0.2, 0.25) is 0 Å². The second-order valence-electron chi connectivity index (χ2n) is 3.97. The van der Waals surface area contributed by atoms with E-state index in [1.54, 1.807) is 20.8 Å². The minimum atomic E-state index is -0.778. The maximum atomic E-state index is 11.0. The van der Waals surface area contributed by atoms with Crippen molar-refractivity contribution in [1.29, 1.82) is 0 Å². The third-order valence-electron chi connectivity index (χ3n) is 1.25. The third kappa shape index (κ3) is 9.17. The second-order valence-corrected chi connectivity index (χ2v) is 3.97. The van der Waals surface area contributed by atoms with Gasteiger partial charge >= 0.3 is 11.9 Å². The first kappa shape index (κ1) is 13.9. The molecule has 0 atom stereocenters. The lowest BCUT2D eigenvalue weighted by Crippen LogP contribution is -2.21. The molecule has 0 aliphatic heterocycles. The Morgan fingerprint density at radius 3 is 2.13 bits per heavy atom. The molecule has 0 aromatic rings. The maximum absolute atomic E-state index is 11.0. The molecule has 0 spiro atoms. The minimum absolute atomic E-state index is 0.0329. The van der Waals surface area contributed by atoms with E-state index in [-0.39, 0.29) is 19.3 Å². The van der Waals surface area contributed by atoms with Crippen molar-refractivity contribution in [3.8, 4) is 0 Å². The van der Waals surface area contributed by atoms with Gasteiger partial charge in [-0.15, -0.1) is 0 Å². The Hall–Kier alpha value is -1.14. The van der Waals surface area contributed by atoms with Gasteiger partial charge in [0.1, 0.15) is 5.60 Å². The summed E-state index contributed by atoms with van der Waals surface area (Å²) in [5.74, 6) is -1.34. The Morgan fingerprint density at radius 1 is 1.13 bits per heavy atom. The van der Waals surface area contributed by atoms with E-state index in [0.29, 0.717) is 0 Å². The number of carbonyl (C=O) groups excluding carboxylic acids is 2. The highest BCUT2D eigenvalue weighted by molar-refractivity contribution is 5.71. The molecule has 1 N–H and O–H groups in total. The van der Waals surface area contributed by atoms with Crippen LogP contribution < -0.4 is 0 Å². The molecule has 0 saturated heterocycles. The van der Waals surface area contributed by atoms with Gasteiger partial charge in [-0.25, -0.2) is 9.59 Å². The largest absolute Gasteiger partial charge is 0.342 e. The molecule has 0 saturated carbocycles. The van der Waals surface area contributed by atoms with Gasteiger partial charge in [0.05, 0.1) is 0 Å². The monoisotopic (exact) mass is 220 g/mol. The summed E-state index contributed by atoms with van der Waals surface area (Å²) < 4.78 is 0. The predicted molar refractivity (Wildman–Crippen MR) is 49.5 cm³/mol. The van der Waals surface area contributed by atoms with Crippen LogP contribution in [0.4, 0.5) is 0 Å². The summed E-state index contributed by atoms with van der Waals surface area (Å²) in [5.41, 5.74) is -0.556. The fourth-order valence-electron chi connectivity index (χ4n) is 0.636. The molecule has 0 aliphatic carbocycles. The van der Waals surface area contributed by atoms with Gasteiger partial charge < -0.3 is 4.89 Å². The lowest BCUT2D eigenvalue weighted by atomic mass is 10.2. The lowest BCUT2D eigenvalue weighted by Gasteiger charge is -2.16. The molecule has 0 fully saturated rings. The summed E-state index contributed by atoms with van der Waals surface area (Å²) in [6, 6.07) is 0. The molecule has 0 radical (unpaired) electrons. The highest BCUT2D eigenvalue weighted by atomic mass is 17.2. The van der Waals surface area contributed by atoms with Gasteiger partial charge in [-0.2, -0.15) is 10.1 Å². The molecular formula is C9H16O6. The molecule has 0 amide bonds. The fourth-order valence-corrected chi connectivity index (χ4v) is 0.636. The van der Waals surface area contributed by atoms with Crippen molar-refractivity contribution in [3.63, 3.8) is 0 Å². The Bertz CT molecular complexity index is 217. The number of carbonyl (C=O) groups is 2. The van der Waals surface area contributed by atoms with E-state index in [0.717, 1.165) is 0 Å². The average molecular weight is 220 g/mol. The van der Waals surface area contributed by atoms with Crippen LogP contribution in [0, 0.1) is 0 Å². The summed E-state index contributed by atoms with van der Waals surface area (Å²) in [4.78, 5) is 34.1. The zero-order valence-corrected chi connectivity index (χ0v) is 9.11. The van der Waals surface area contributed by atoms with E-state index in [4.69, 9.17) is 10.1 Å². The molecule has 0 unspecified atom stereocenters. The van der Waals surface area contributed by atoms with Crippen molar-refractivity contribution >= 4 is 11.9 Å². The summed E-state index contributed by atoms with van der Waals surface area (Å²) in [6.45, 7) is 5.22. The number of rotatable bonds is 5. The standard InChI is InChI=1S/C9H16O6/c1-9(2,3)15-14-8(11)6-4-5-7(10)13-12/h12H,4-6H2,1-3H3. The van der Waals surface area contributed by atoms with E-state index >= 15 is 0 Å². The van der Waals surface area contributed by atoms with Crippen LogP contribution in [-0.2, 0) is 24.3 Å². The Kier molecular flexibility index (Phi) is 5.88. The van der Waals surface area contributed by atoms with Crippen molar-refractivity contribution in [2.45, 2.75) is 45.6 Å². The summed E-state index contributed by atoms with van der Waals surface area (Å²) in [7, 11) is 0. The summed E-state index contributed by atoms with van der Waals surface area (Å²) in [5, 5.41) is 7.92. The first-order valence-corrected chi connectivity index (χ1v) is 4.58. The fraction of sp³-hybridized carbons (Fsp3) is 0.778. The molecule has 6 nitrogen and oxygen atoms in total. The van der Waals surface area contributed by atoms with Crippen molar-refractivity contribution in [2.75, 3.05) is 0 Å². The number of hydrogen-bond donors (Lipinski definition) is 1. The van der Waals surface area contributed by atoms with Crippen LogP contribution in [0.1, 0.15) is 40.0 Å². The normalized spacial score (nSPS) is 10.9. The molecule has 0 rings (SSSR count). The smallest absolute Gasteiger partial charge is 0.301 e.